The van der Waals surface area contributed by atoms with Gasteiger partial charge in [-0.2, -0.15) is 0 Å². The average Bonchev–Trinajstić information content (AvgIpc) is 4.02. The minimum atomic E-state index is -0.494. The minimum Gasteiger partial charge on any atom is -0.444 e. The summed E-state index contributed by atoms with van der Waals surface area (Å²) in [5, 5.41) is 20.0. The number of piperazine rings is 2. The molecule has 0 saturated carbocycles. The highest BCUT2D eigenvalue weighted by atomic mass is 35.5. The predicted octanol–water partition coefficient (Wildman–Crippen LogP) is 5.53. The van der Waals surface area contributed by atoms with E-state index in [1.165, 1.54) is 12.8 Å². The van der Waals surface area contributed by atoms with Crippen molar-refractivity contribution in [2.24, 2.45) is 0 Å². The van der Waals surface area contributed by atoms with Gasteiger partial charge >= 0.3 is 6.09 Å². The van der Waals surface area contributed by atoms with Gasteiger partial charge in [-0.05, 0) is 69.0 Å². The first-order valence-corrected chi connectivity index (χ1v) is 18.5. The third-order valence-corrected chi connectivity index (χ3v) is 9.41. The van der Waals surface area contributed by atoms with E-state index in [2.05, 4.69) is 54.7 Å². The fraction of sp³-hybridized carbons (Fsp3) is 0.410. The van der Waals surface area contributed by atoms with Gasteiger partial charge in [0.05, 0.1) is 22.1 Å². The number of aromatic nitrogens is 8. The van der Waals surface area contributed by atoms with Crippen molar-refractivity contribution < 1.29 is 14.3 Å². The van der Waals surface area contributed by atoms with Crippen molar-refractivity contribution in [1.82, 2.24) is 49.4 Å². The highest BCUT2D eigenvalue weighted by molar-refractivity contribution is 5.86. The lowest BCUT2D eigenvalue weighted by atomic mass is 10.2. The summed E-state index contributed by atoms with van der Waals surface area (Å²) < 4.78 is 14.4. The molecule has 55 heavy (non-hydrogen) atoms. The average molecular weight is 769 g/mol. The number of nitrogens with zero attached hydrogens (tertiary/aromatic N) is 11. The van der Waals surface area contributed by atoms with E-state index in [9.17, 15) is 4.79 Å². The Morgan fingerprint density at radius 3 is 1.69 bits per heavy atom. The number of hydrogen-bond donors (Lipinski definition) is 1. The summed E-state index contributed by atoms with van der Waals surface area (Å²) in [6.45, 7) is 21.5. The maximum atomic E-state index is 12.3. The molecule has 7 heterocycles. The summed E-state index contributed by atoms with van der Waals surface area (Å²) in [4.78, 5) is 28.1. The molecule has 3 fully saturated rings. The van der Waals surface area contributed by atoms with Gasteiger partial charge in [0.2, 0.25) is 11.3 Å². The van der Waals surface area contributed by atoms with Gasteiger partial charge in [0, 0.05) is 65.6 Å². The van der Waals surface area contributed by atoms with Crippen molar-refractivity contribution in [3.05, 3.63) is 73.3 Å². The van der Waals surface area contributed by atoms with Gasteiger partial charge in [-0.3, -0.25) is 8.80 Å². The van der Waals surface area contributed by atoms with Crippen LogP contribution < -0.4 is 15.1 Å². The van der Waals surface area contributed by atoms with Gasteiger partial charge in [-0.15, -0.1) is 32.8 Å². The highest BCUT2D eigenvalue weighted by Crippen LogP contribution is 2.27. The van der Waals surface area contributed by atoms with Crippen molar-refractivity contribution in [3.8, 4) is 0 Å². The molecule has 0 aliphatic carbocycles. The lowest BCUT2D eigenvalue weighted by Crippen LogP contribution is -2.50. The number of carbonyl (C=O) groups is 1. The largest absolute Gasteiger partial charge is 0.444 e. The number of ether oxygens (including phenoxy) is 2. The van der Waals surface area contributed by atoms with Crippen LogP contribution in [0.1, 0.15) is 44.7 Å². The second-order valence-electron chi connectivity index (χ2n) is 14.3. The maximum absolute atomic E-state index is 12.3. The van der Waals surface area contributed by atoms with Crippen LogP contribution in [0, 0.1) is 0 Å². The van der Waals surface area contributed by atoms with E-state index < -0.39 is 5.60 Å². The van der Waals surface area contributed by atoms with Crippen molar-refractivity contribution >= 4 is 75.6 Å². The predicted molar refractivity (Wildman–Crippen MR) is 219 cm³/mol. The third kappa shape index (κ3) is 8.96. The van der Waals surface area contributed by atoms with Crippen LogP contribution in [0.25, 0.3) is 45.5 Å². The molecule has 3 saturated heterocycles. The molecule has 290 valence electrons. The molecule has 3 aliphatic rings. The number of halogens is 1. The van der Waals surface area contributed by atoms with Crippen molar-refractivity contribution in [2.75, 3.05) is 75.4 Å². The van der Waals surface area contributed by atoms with E-state index in [4.69, 9.17) is 19.4 Å². The Morgan fingerprint density at radius 1 is 0.764 bits per heavy atom. The van der Waals surface area contributed by atoms with Crippen LogP contribution >= 0.6 is 12.4 Å². The topological polar surface area (TPSA) is 143 Å². The number of hydrogen-bond acceptors (Lipinski definition) is 12. The van der Waals surface area contributed by atoms with Crippen molar-refractivity contribution in [3.63, 3.8) is 0 Å². The quantitative estimate of drug-likeness (QED) is 0.241. The smallest absolute Gasteiger partial charge is 0.410 e. The maximum Gasteiger partial charge on any atom is 0.410 e. The molecule has 0 spiro atoms. The number of amides is 1. The van der Waals surface area contributed by atoms with Gasteiger partial charge in [0.15, 0.2) is 11.6 Å². The van der Waals surface area contributed by atoms with Gasteiger partial charge < -0.3 is 29.5 Å². The van der Waals surface area contributed by atoms with Crippen LogP contribution in [0.3, 0.4) is 0 Å². The zero-order chi connectivity index (χ0) is 37.7. The Morgan fingerprint density at radius 2 is 1.25 bits per heavy atom. The number of carbonyl (C=O) groups excluding carboxylic acids is 1. The van der Waals surface area contributed by atoms with Gasteiger partial charge in [0.25, 0.3) is 0 Å². The molecule has 1 amide bonds. The molecule has 3 aliphatic heterocycles. The van der Waals surface area contributed by atoms with Crippen LogP contribution in [0.2, 0.25) is 0 Å². The number of rotatable bonds is 4. The second-order valence-corrected chi connectivity index (χ2v) is 14.3. The third-order valence-electron chi connectivity index (χ3n) is 9.41. The fourth-order valence-corrected chi connectivity index (χ4v) is 6.60. The van der Waals surface area contributed by atoms with Gasteiger partial charge in [0.1, 0.15) is 18.3 Å². The number of benzene rings is 2. The molecular formula is C39H49ClN12O3. The Hall–Kier alpha value is -5.38. The SMILES string of the molecule is C1CCOC1.C=Cc1ccc2nc(N3CCN(C(=O)OC(C)(C)C)CC3)c3nncn3c2c1.C=Cc1ccc2nc(N3CCNCC3)c3nncn3c2c1.Cl. The zero-order valence-electron chi connectivity index (χ0n) is 31.7. The monoisotopic (exact) mass is 768 g/mol. The van der Waals surface area contributed by atoms with Crippen LogP contribution in [0.4, 0.5) is 16.4 Å². The van der Waals surface area contributed by atoms with E-state index in [1.54, 1.807) is 23.6 Å². The number of anilines is 2. The van der Waals surface area contributed by atoms with E-state index >= 15 is 0 Å². The summed E-state index contributed by atoms with van der Waals surface area (Å²) in [6.07, 6.45) is 9.37. The van der Waals surface area contributed by atoms with Crippen LogP contribution in [0.5, 0.6) is 0 Å². The van der Waals surface area contributed by atoms with Crippen LogP contribution in [-0.4, -0.2) is 121 Å². The molecule has 4 aromatic heterocycles. The van der Waals surface area contributed by atoms with Gasteiger partial charge in [-0.1, -0.05) is 37.4 Å². The second kappa shape index (κ2) is 17.4. The first-order valence-electron chi connectivity index (χ1n) is 18.5. The van der Waals surface area contributed by atoms with Gasteiger partial charge in [-0.25, -0.2) is 14.8 Å². The molecular weight excluding hydrogens is 720 g/mol. The molecule has 0 radical (unpaired) electrons. The molecule has 1 N–H and O–H groups in total. The lowest BCUT2D eigenvalue weighted by Gasteiger charge is -2.36. The minimum absolute atomic E-state index is 0. The molecule has 16 heteroatoms. The standard InChI is InChI=1S/C20H24N6O2.C15H16N6.C4H8O.ClH/c1-5-14-6-7-15-16(12-14)26-13-21-23-18(26)17(22-15)24-8-10-25(11-9-24)19(27)28-20(2,3)4;1-2-11-3-4-12-13(9-11)21-10-17-19-15(21)14(18-12)20-7-5-16-6-8-20;1-2-4-5-3-1;/h5-7,12-13H,1,8-11H2,2-4H3;2-4,9-10,16H,1,5-8H2;1-4H2;1H. The van der Waals surface area contributed by atoms with E-state index in [-0.39, 0.29) is 18.5 Å². The molecule has 0 atom stereocenters. The lowest BCUT2D eigenvalue weighted by molar-refractivity contribution is 0.0240. The van der Waals surface area contributed by atoms with Crippen molar-refractivity contribution in [1.29, 1.82) is 0 Å². The Kier molecular flexibility index (Phi) is 12.4. The van der Waals surface area contributed by atoms with Crippen LogP contribution in [0.15, 0.2) is 62.2 Å². The first-order chi connectivity index (χ1) is 26.2. The summed E-state index contributed by atoms with van der Waals surface area (Å²) in [5.41, 5.74) is 6.86. The number of nitrogens with one attached hydrogen (secondary N) is 1. The van der Waals surface area contributed by atoms with Crippen LogP contribution in [-0.2, 0) is 9.47 Å². The number of fused-ring (bicyclic) bond motifs is 6. The summed E-state index contributed by atoms with van der Waals surface area (Å²) >= 11 is 0. The highest BCUT2D eigenvalue weighted by Gasteiger charge is 2.28. The molecule has 15 nitrogen and oxygen atoms in total. The Bertz CT molecular complexity index is 2260. The molecule has 0 bridgehead atoms. The summed E-state index contributed by atoms with van der Waals surface area (Å²) in [7, 11) is 0. The fourth-order valence-electron chi connectivity index (χ4n) is 6.60. The Balaban J connectivity index is 0.000000167. The zero-order valence-corrected chi connectivity index (χ0v) is 32.5. The first kappa shape index (κ1) is 39.3. The molecule has 9 rings (SSSR count). The summed E-state index contributed by atoms with van der Waals surface area (Å²) in [5.74, 6) is 1.69. The molecule has 6 aromatic rings. The summed E-state index contributed by atoms with van der Waals surface area (Å²) in [6, 6.07) is 12.1. The molecule has 0 unspecified atom stereocenters. The Labute approximate surface area is 326 Å². The molecule has 2 aromatic carbocycles. The van der Waals surface area contributed by atoms with Crippen molar-refractivity contribution in [2.45, 2.75) is 39.2 Å². The van der Waals surface area contributed by atoms with E-state index in [0.29, 0.717) is 31.8 Å². The normalized spacial score (nSPS) is 15.9. The van der Waals surface area contributed by atoms with E-state index in [0.717, 1.165) is 89.9 Å². The van der Waals surface area contributed by atoms with E-state index in [1.807, 2.05) is 66.0 Å².